The first-order chi connectivity index (χ1) is 6.76. The van der Waals surface area contributed by atoms with Crippen LogP contribution in [-0.2, 0) is 10.2 Å². The van der Waals surface area contributed by atoms with Crippen LogP contribution in [0.3, 0.4) is 0 Å². The van der Waals surface area contributed by atoms with E-state index >= 15 is 0 Å². The third-order valence-electron chi connectivity index (χ3n) is 3.19. The largest absolute Gasteiger partial charge is 0.481 e. The van der Waals surface area contributed by atoms with Crippen LogP contribution in [0.15, 0.2) is 30.3 Å². The molecule has 0 amide bonds. The zero-order valence-corrected chi connectivity index (χ0v) is 8.07. The fourth-order valence-corrected chi connectivity index (χ4v) is 2.36. The molecule has 1 N–H and O–H groups in total. The maximum absolute atomic E-state index is 11.3. The fourth-order valence-electron chi connectivity index (χ4n) is 2.36. The first-order valence-corrected chi connectivity index (χ1v) is 5.05. The Hall–Kier alpha value is -1.31. The van der Waals surface area contributed by atoms with Crippen molar-refractivity contribution in [2.24, 2.45) is 0 Å². The average Bonchev–Trinajstić information content (AvgIpc) is 2.69. The summed E-state index contributed by atoms with van der Waals surface area (Å²) in [6.07, 6.45) is 3.63. The van der Waals surface area contributed by atoms with Gasteiger partial charge in [0.25, 0.3) is 0 Å². The van der Waals surface area contributed by atoms with Crippen molar-refractivity contribution in [1.29, 1.82) is 0 Å². The molecule has 1 aliphatic carbocycles. The van der Waals surface area contributed by atoms with E-state index in [0.717, 1.165) is 31.2 Å². The van der Waals surface area contributed by atoms with Gasteiger partial charge in [-0.2, -0.15) is 0 Å². The molecule has 0 heterocycles. The molecule has 2 nitrogen and oxygen atoms in total. The number of aliphatic carboxylic acids is 1. The summed E-state index contributed by atoms with van der Waals surface area (Å²) in [6.45, 7) is 0. The van der Waals surface area contributed by atoms with Gasteiger partial charge in [-0.15, -0.1) is 0 Å². The lowest BCUT2D eigenvalue weighted by Gasteiger charge is -2.24. The molecule has 1 fully saturated rings. The van der Waals surface area contributed by atoms with Gasteiger partial charge in [-0.25, -0.2) is 0 Å². The molecule has 0 saturated heterocycles. The van der Waals surface area contributed by atoms with Crippen LogP contribution in [0, 0.1) is 0 Å². The molecule has 0 spiro atoms. The highest BCUT2D eigenvalue weighted by molar-refractivity contribution is 5.81. The van der Waals surface area contributed by atoms with Gasteiger partial charge in [-0.05, 0) is 18.4 Å². The summed E-state index contributed by atoms with van der Waals surface area (Å²) in [4.78, 5) is 11.3. The van der Waals surface area contributed by atoms with Crippen molar-refractivity contribution in [3.8, 4) is 0 Å². The maximum atomic E-state index is 11.3. The normalized spacial score (nSPS) is 19.4. The van der Waals surface area contributed by atoms with Crippen molar-refractivity contribution in [2.75, 3.05) is 0 Å². The van der Waals surface area contributed by atoms with Crippen LogP contribution in [-0.4, -0.2) is 11.1 Å². The highest BCUT2D eigenvalue weighted by atomic mass is 16.4. The van der Waals surface area contributed by atoms with Crippen LogP contribution in [0.5, 0.6) is 0 Å². The number of carboxylic acids is 1. The van der Waals surface area contributed by atoms with E-state index in [4.69, 9.17) is 0 Å². The maximum Gasteiger partial charge on any atom is 0.314 e. The van der Waals surface area contributed by atoms with E-state index in [1.807, 2.05) is 30.3 Å². The summed E-state index contributed by atoms with van der Waals surface area (Å²) >= 11 is 0. The summed E-state index contributed by atoms with van der Waals surface area (Å²) in [7, 11) is 0. The van der Waals surface area contributed by atoms with Crippen LogP contribution in [0.2, 0.25) is 0 Å². The number of carbonyl (C=O) groups is 1. The average molecular weight is 190 g/mol. The van der Waals surface area contributed by atoms with E-state index in [9.17, 15) is 9.90 Å². The molecule has 0 bridgehead atoms. The molecule has 2 heteroatoms. The van der Waals surface area contributed by atoms with Gasteiger partial charge in [-0.1, -0.05) is 43.2 Å². The van der Waals surface area contributed by atoms with E-state index < -0.39 is 11.4 Å². The zero-order chi connectivity index (χ0) is 10.0. The summed E-state index contributed by atoms with van der Waals surface area (Å²) in [5, 5.41) is 9.32. The van der Waals surface area contributed by atoms with E-state index in [0.29, 0.717) is 0 Å². The molecule has 1 saturated carbocycles. The summed E-state index contributed by atoms with van der Waals surface area (Å²) in [6, 6.07) is 9.61. The number of carboxylic acid groups (broad SMARTS) is 1. The zero-order valence-electron chi connectivity index (χ0n) is 8.07. The smallest absolute Gasteiger partial charge is 0.314 e. The van der Waals surface area contributed by atoms with Gasteiger partial charge in [0.05, 0.1) is 5.41 Å². The van der Waals surface area contributed by atoms with Crippen molar-refractivity contribution < 1.29 is 9.90 Å². The molecule has 14 heavy (non-hydrogen) atoms. The Morgan fingerprint density at radius 3 is 2.21 bits per heavy atom. The van der Waals surface area contributed by atoms with Crippen molar-refractivity contribution >= 4 is 5.97 Å². The second-order valence-electron chi connectivity index (χ2n) is 3.96. The fraction of sp³-hybridized carbons (Fsp3) is 0.417. The lowest BCUT2D eigenvalue weighted by Crippen LogP contribution is -2.32. The summed E-state index contributed by atoms with van der Waals surface area (Å²) in [5.74, 6) is -0.666. The Morgan fingerprint density at radius 2 is 1.71 bits per heavy atom. The Labute approximate surface area is 83.6 Å². The highest BCUT2D eigenvalue weighted by Crippen LogP contribution is 2.41. The number of hydrogen-bond donors (Lipinski definition) is 1. The van der Waals surface area contributed by atoms with Crippen LogP contribution >= 0.6 is 0 Å². The molecule has 1 aliphatic rings. The molecule has 0 atom stereocenters. The van der Waals surface area contributed by atoms with Crippen LogP contribution in [0.25, 0.3) is 0 Å². The third-order valence-corrected chi connectivity index (χ3v) is 3.19. The Morgan fingerprint density at radius 1 is 1.14 bits per heavy atom. The standard InChI is InChI=1S/C12H14O2/c13-11(14)12(8-4-5-9-12)10-6-2-1-3-7-10/h1-3,6-7H,4-5,8-9H2,(H,13,14). The SMILES string of the molecule is O=C(O)C1(c2ccccc2)CCCC1. The van der Waals surface area contributed by atoms with E-state index in [2.05, 4.69) is 0 Å². The van der Waals surface area contributed by atoms with Crippen LogP contribution < -0.4 is 0 Å². The van der Waals surface area contributed by atoms with Crippen molar-refractivity contribution in [3.63, 3.8) is 0 Å². The van der Waals surface area contributed by atoms with E-state index in [1.165, 1.54) is 0 Å². The van der Waals surface area contributed by atoms with Gasteiger partial charge in [0.1, 0.15) is 0 Å². The molecular formula is C12H14O2. The molecule has 0 unspecified atom stereocenters. The highest BCUT2D eigenvalue weighted by Gasteiger charge is 2.42. The molecule has 1 aromatic rings. The van der Waals surface area contributed by atoms with Crippen LogP contribution in [0.4, 0.5) is 0 Å². The van der Waals surface area contributed by atoms with Gasteiger partial charge in [0, 0.05) is 0 Å². The summed E-state index contributed by atoms with van der Waals surface area (Å²) in [5.41, 5.74) is 0.367. The quantitative estimate of drug-likeness (QED) is 0.778. The van der Waals surface area contributed by atoms with Gasteiger partial charge in [0.15, 0.2) is 0 Å². The third kappa shape index (κ3) is 1.31. The molecule has 74 valence electrons. The van der Waals surface area contributed by atoms with E-state index in [-0.39, 0.29) is 0 Å². The van der Waals surface area contributed by atoms with Crippen LogP contribution in [0.1, 0.15) is 31.2 Å². The lowest BCUT2D eigenvalue weighted by atomic mass is 9.79. The first kappa shape index (κ1) is 9.25. The Bertz CT molecular complexity index is 323. The second-order valence-corrected chi connectivity index (χ2v) is 3.96. The summed E-state index contributed by atoms with van der Waals surface area (Å²) < 4.78 is 0. The van der Waals surface area contributed by atoms with Gasteiger partial charge < -0.3 is 5.11 Å². The minimum absolute atomic E-state index is 0.596. The van der Waals surface area contributed by atoms with Gasteiger partial charge in [0.2, 0.25) is 0 Å². The molecule has 0 aliphatic heterocycles. The van der Waals surface area contributed by atoms with Gasteiger partial charge >= 0.3 is 5.97 Å². The lowest BCUT2D eigenvalue weighted by molar-refractivity contribution is -0.143. The monoisotopic (exact) mass is 190 g/mol. The van der Waals surface area contributed by atoms with Crippen molar-refractivity contribution in [1.82, 2.24) is 0 Å². The first-order valence-electron chi connectivity index (χ1n) is 5.05. The van der Waals surface area contributed by atoms with Crippen molar-refractivity contribution in [3.05, 3.63) is 35.9 Å². The topological polar surface area (TPSA) is 37.3 Å². The predicted octanol–water partition coefficient (Wildman–Crippen LogP) is 2.58. The second kappa shape index (κ2) is 3.45. The number of rotatable bonds is 2. The minimum atomic E-state index is -0.666. The molecule has 2 rings (SSSR count). The Kier molecular flexibility index (Phi) is 2.28. The Balaban J connectivity index is 2.42. The molecular weight excluding hydrogens is 176 g/mol. The van der Waals surface area contributed by atoms with E-state index in [1.54, 1.807) is 0 Å². The minimum Gasteiger partial charge on any atom is -0.481 e. The molecule has 0 radical (unpaired) electrons. The van der Waals surface area contributed by atoms with Gasteiger partial charge in [-0.3, -0.25) is 4.79 Å². The number of benzene rings is 1. The molecule has 0 aromatic heterocycles. The predicted molar refractivity (Wildman–Crippen MR) is 54.2 cm³/mol. The van der Waals surface area contributed by atoms with Crippen molar-refractivity contribution in [2.45, 2.75) is 31.1 Å². The number of hydrogen-bond acceptors (Lipinski definition) is 1. The molecule has 1 aromatic carbocycles.